The summed E-state index contributed by atoms with van der Waals surface area (Å²) in [6, 6.07) is 9.29. The van der Waals surface area contributed by atoms with E-state index < -0.39 is 11.6 Å². The lowest BCUT2D eigenvalue weighted by molar-refractivity contribution is 0.0303. The van der Waals surface area contributed by atoms with Crippen molar-refractivity contribution in [3.05, 3.63) is 71.6 Å². The molecule has 3 aromatic rings. The van der Waals surface area contributed by atoms with Gasteiger partial charge >= 0.3 is 0 Å². The van der Waals surface area contributed by atoms with Crippen molar-refractivity contribution >= 4 is 17.5 Å². The number of carbonyl (C=O) groups is 1. The van der Waals surface area contributed by atoms with Crippen LogP contribution in [0.15, 0.2) is 48.8 Å². The molecule has 8 heteroatoms. The highest BCUT2D eigenvalue weighted by atomic mass is 19.1. The SMILES string of the molecule is O=C(c1ccc2c(c1)N(c1ncc(-c3cc(F)cc(F)c3)cn1)CC21CC1)N1CCOCC1. The molecule has 3 aliphatic rings. The molecule has 3 heterocycles. The zero-order valence-electron chi connectivity index (χ0n) is 17.9. The monoisotopic (exact) mass is 448 g/mol. The highest BCUT2D eigenvalue weighted by molar-refractivity contribution is 5.96. The maximum atomic E-state index is 13.6. The minimum absolute atomic E-state index is 0.00203. The molecule has 0 atom stereocenters. The number of rotatable bonds is 3. The molecule has 168 valence electrons. The van der Waals surface area contributed by atoms with E-state index in [9.17, 15) is 13.6 Å². The van der Waals surface area contributed by atoms with Gasteiger partial charge in [0.25, 0.3) is 5.91 Å². The van der Waals surface area contributed by atoms with Crippen molar-refractivity contribution in [2.75, 3.05) is 37.7 Å². The van der Waals surface area contributed by atoms with Crippen molar-refractivity contribution in [3.63, 3.8) is 0 Å². The van der Waals surface area contributed by atoms with Gasteiger partial charge in [0.05, 0.1) is 13.2 Å². The summed E-state index contributed by atoms with van der Waals surface area (Å²) in [5, 5.41) is 0. The van der Waals surface area contributed by atoms with E-state index in [1.54, 1.807) is 12.4 Å². The van der Waals surface area contributed by atoms with E-state index in [2.05, 4.69) is 16.0 Å². The summed E-state index contributed by atoms with van der Waals surface area (Å²) >= 11 is 0. The number of amides is 1. The molecule has 6 rings (SSSR count). The molecule has 0 N–H and O–H groups in total. The molecule has 33 heavy (non-hydrogen) atoms. The smallest absolute Gasteiger partial charge is 0.254 e. The molecule has 1 saturated carbocycles. The van der Waals surface area contributed by atoms with Gasteiger partial charge in [-0.15, -0.1) is 0 Å². The summed E-state index contributed by atoms with van der Waals surface area (Å²) in [5.41, 5.74) is 3.83. The van der Waals surface area contributed by atoms with Gasteiger partial charge in [-0.05, 0) is 48.2 Å². The molecule has 2 fully saturated rings. The Balaban J connectivity index is 1.32. The Bertz CT molecular complexity index is 1220. The summed E-state index contributed by atoms with van der Waals surface area (Å²) < 4.78 is 32.6. The number of ether oxygens (including phenoxy) is 1. The summed E-state index contributed by atoms with van der Waals surface area (Å²) in [6.07, 6.45) is 5.34. The van der Waals surface area contributed by atoms with Gasteiger partial charge < -0.3 is 14.5 Å². The Morgan fingerprint density at radius 2 is 1.64 bits per heavy atom. The molecule has 0 unspecified atom stereocenters. The van der Waals surface area contributed by atoms with Crippen LogP contribution in [0.2, 0.25) is 0 Å². The van der Waals surface area contributed by atoms with Crippen molar-refractivity contribution in [3.8, 4) is 11.1 Å². The Labute approximate surface area is 189 Å². The molecule has 0 bridgehead atoms. The van der Waals surface area contributed by atoms with Crippen LogP contribution in [0.4, 0.5) is 20.4 Å². The molecular weight excluding hydrogens is 426 g/mol. The van der Waals surface area contributed by atoms with Crippen molar-refractivity contribution in [1.82, 2.24) is 14.9 Å². The summed E-state index contributed by atoms with van der Waals surface area (Å²) in [5.74, 6) is -0.773. The van der Waals surface area contributed by atoms with Crippen LogP contribution in [-0.2, 0) is 10.2 Å². The van der Waals surface area contributed by atoms with E-state index in [4.69, 9.17) is 4.74 Å². The summed E-state index contributed by atoms with van der Waals surface area (Å²) in [7, 11) is 0. The number of benzene rings is 2. The maximum Gasteiger partial charge on any atom is 0.254 e. The summed E-state index contributed by atoms with van der Waals surface area (Å²) in [4.78, 5) is 25.9. The van der Waals surface area contributed by atoms with E-state index >= 15 is 0 Å². The van der Waals surface area contributed by atoms with Gasteiger partial charge in [-0.25, -0.2) is 18.7 Å². The van der Waals surface area contributed by atoms with Gasteiger partial charge in [0.1, 0.15) is 11.6 Å². The predicted molar refractivity (Wildman–Crippen MR) is 118 cm³/mol. The average Bonchev–Trinajstić information content (AvgIpc) is 3.55. The van der Waals surface area contributed by atoms with Gasteiger partial charge in [0, 0.05) is 60.3 Å². The topological polar surface area (TPSA) is 58.6 Å². The van der Waals surface area contributed by atoms with E-state index in [0.29, 0.717) is 48.9 Å². The van der Waals surface area contributed by atoms with Crippen molar-refractivity contribution in [2.45, 2.75) is 18.3 Å². The Morgan fingerprint density at radius 1 is 0.939 bits per heavy atom. The normalized spacial score (nSPS) is 18.5. The molecule has 2 aliphatic heterocycles. The van der Waals surface area contributed by atoms with Crippen LogP contribution in [0.1, 0.15) is 28.8 Å². The molecule has 0 radical (unpaired) electrons. The average molecular weight is 448 g/mol. The maximum absolute atomic E-state index is 13.6. The highest BCUT2D eigenvalue weighted by Crippen LogP contribution is 2.57. The molecular formula is C25H22F2N4O2. The molecule has 1 saturated heterocycles. The minimum atomic E-state index is -0.643. The van der Waals surface area contributed by atoms with Crippen LogP contribution in [0.3, 0.4) is 0 Å². The number of hydrogen-bond acceptors (Lipinski definition) is 5. The lowest BCUT2D eigenvalue weighted by atomic mass is 9.97. The second kappa shape index (κ2) is 7.59. The first kappa shape index (κ1) is 20.2. The second-order valence-corrected chi connectivity index (χ2v) is 8.93. The third-order valence-electron chi connectivity index (χ3n) is 6.79. The van der Waals surface area contributed by atoms with E-state index in [1.807, 2.05) is 21.9 Å². The molecule has 1 aliphatic carbocycles. The van der Waals surface area contributed by atoms with Gasteiger partial charge in [-0.1, -0.05) is 6.07 Å². The van der Waals surface area contributed by atoms with E-state index in [-0.39, 0.29) is 11.3 Å². The van der Waals surface area contributed by atoms with Crippen LogP contribution < -0.4 is 4.90 Å². The van der Waals surface area contributed by atoms with Crippen molar-refractivity contribution in [2.24, 2.45) is 0 Å². The second-order valence-electron chi connectivity index (χ2n) is 8.93. The first-order chi connectivity index (χ1) is 16.0. The van der Waals surface area contributed by atoms with Crippen LogP contribution in [0.5, 0.6) is 0 Å². The first-order valence-electron chi connectivity index (χ1n) is 11.1. The fraction of sp³-hybridized carbons (Fsp3) is 0.320. The molecule has 2 aromatic carbocycles. The third-order valence-corrected chi connectivity index (χ3v) is 6.79. The van der Waals surface area contributed by atoms with Gasteiger partial charge in [-0.2, -0.15) is 0 Å². The number of aromatic nitrogens is 2. The largest absolute Gasteiger partial charge is 0.378 e. The van der Waals surface area contributed by atoms with Crippen LogP contribution in [-0.4, -0.2) is 53.6 Å². The number of fused-ring (bicyclic) bond motifs is 2. The number of carbonyl (C=O) groups excluding carboxylic acids is 1. The number of nitrogens with zero attached hydrogens (tertiary/aromatic N) is 4. The first-order valence-corrected chi connectivity index (χ1v) is 11.1. The van der Waals surface area contributed by atoms with Crippen LogP contribution in [0, 0.1) is 11.6 Å². The zero-order chi connectivity index (χ0) is 22.6. The van der Waals surface area contributed by atoms with Crippen molar-refractivity contribution < 1.29 is 18.3 Å². The fourth-order valence-electron chi connectivity index (χ4n) is 4.85. The van der Waals surface area contributed by atoms with Crippen LogP contribution in [0.25, 0.3) is 11.1 Å². The minimum Gasteiger partial charge on any atom is -0.378 e. The Morgan fingerprint density at radius 3 is 2.30 bits per heavy atom. The number of hydrogen-bond donors (Lipinski definition) is 0. The molecule has 1 spiro atoms. The Hall–Kier alpha value is -3.39. The Kier molecular flexibility index (Phi) is 4.65. The van der Waals surface area contributed by atoms with Gasteiger partial charge in [0.15, 0.2) is 0 Å². The zero-order valence-corrected chi connectivity index (χ0v) is 17.9. The number of anilines is 2. The van der Waals surface area contributed by atoms with E-state index in [1.165, 1.54) is 17.7 Å². The standard InChI is InChI=1S/C25H22F2N4O2/c26-19-9-17(10-20(27)12-19)18-13-28-24(29-14-18)31-15-25(3-4-25)21-2-1-16(11-22(21)31)23(32)30-5-7-33-8-6-30/h1-2,9-14H,3-8,15H2. The van der Waals surface area contributed by atoms with Gasteiger partial charge in [-0.3, -0.25) is 4.79 Å². The van der Waals surface area contributed by atoms with Gasteiger partial charge in [0.2, 0.25) is 5.95 Å². The molecule has 1 amide bonds. The lowest BCUT2D eigenvalue weighted by Gasteiger charge is -2.27. The van der Waals surface area contributed by atoms with Crippen LogP contribution >= 0.6 is 0 Å². The highest BCUT2D eigenvalue weighted by Gasteiger charge is 2.52. The molecule has 6 nitrogen and oxygen atoms in total. The third kappa shape index (κ3) is 3.54. The lowest BCUT2D eigenvalue weighted by Crippen LogP contribution is -2.40. The quantitative estimate of drug-likeness (QED) is 0.605. The fourth-order valence-corrected chi connectivity index (χ4v) is 4.85. The summed E-state index contributed by atoms with van der Waals surface area (Å²) in [6.45, 7) is 3.05. The number of morpholine rings is 1. The van der Waals surface area contributed by atoms with Crippen molar-refractivity contribution in [1.29, 1.82) is 0 Å². The van der Waals surface area contributed by atoms with E-state index in [0.717, 1.165) is 31.1 Å². The predicted octanol–water partition coefficient (Wildman–Crippen LogP) is 4.08. The molecule has 1 aromatic heterocycles. The number of halogens is 2.